The minimum absolute atomic E-state index is 0.0938. The van der Waals surface area contributed by atoms with E-state index >= 15 is 0 Å². The lowest BCUT2D eigenvalue weighted by molar-refractivity contribution is -0.133. The number of carbonyl (C=O) groups excluding carboxylic acids is 2. The number of phenols is 1. The lowest BCUT2D eigenvalue weighted by Crippen LogP contribution is -2.29. The number of nitrogens with one attached hydrogen (secondary N) is 2. The van der Waals surface area contributed by atoms with Gasteiger partial charge in [0.1, 0.15) is 11.5 Å². The van der Waals surface area contributed by atoms with Crippen molar-refractivity contribution in [1.82, 2.24) is 0 Å². The zero-order valence-electron chi connectivity index (χ0n) is 12.2. The Morgan fingerprint density at radius 2 is 1.77 bits per heavy atom. The molecule has 0 heterocycles. The first-order chi connectivity index (χ1) is 10.5. The maximum Gasteiger partial charge on any atom is 0.314 e. The molecule has 2 aromatic rings. The predicted molar refractivity (Wildman–Crippen MR) is 83.1 cm³/mol. The molecule has 0 aromatic heterocycles. The summed E-state index contributed by atoms with van der Waals surface area (Å²) in [7, 11) is 1.52. The number of anilines is 2. The van der Waals surface area contributed by atoms with E-state index in [0.717, 1.165) is 0 Å². The Balaban J connectivity index is 2.04. The van der Waals surface area contributed by atoms with Crippen LogP contribution in [0.15, 0.2) is 42.5 Å². The number of benzene rings is 2. The van der Waals surface area contributed by atoms with Gasteiger partial charge in [-0.1, -0.05) is 6.07 Å². The molecular formula is C16H16N2O4. The SMILES string of the molecule is COc1cccc(NC(=O)C(=O)Nc2ccc(O)cc2C)c1. The molecule has 0 saturated heterocycles. The fourth-order valence-electron chi connectivity index (χ4n) is 1.86. The Labute approximate surface area is 127 Å². The second-order valence-corrected chi connectivity index (χ2v) is 4.64. The average molecular weight is 300 g/mol. The smallest absolute Gasteiger partial charge is 0.314 e. The van der Waals surface area contributed by atoms with Crippen LogP contribution in [0.4, 0.5) is 11.4 Å². The van der Waals surface area contributed by atoms with E-state index < -0.39 is 11.8 Å². The highest BCUT2D eigenvalue weighted by atomic mass is 16.5. The van der Waals surface area contributed by atoms with Crippen molar-refractivity contribution in [1.29, 1.82) is 0 Å². The second kappa shape index (κ2) is 6.62. The van der Waals surface area contributed by atoms with Gasteiger partial charge in [0, 0.05) is 17.4 Å². The number of amides is 2. The summed E-state index contributed by atoms with van der Waals surface area (Å²) in [5.41, 5.74) is 1.58. The molecule has 3 N–H and O–H groups in total. The highest BCUT2D eigenvalue weighted by molar-refractivity contribution is 6.43. The van der Waals surface area contributed by atoms with Gasteiger partial charge in [-0.15, -0.1) is 0 Å². The zero-order valence-corrected chi connectivity index (χ0v) is 12.2. The van der Waals surface area contributed by atoms with Crippen molar-refractivity contribution < 1.29 is 19.4 Å². The number of rotatable bonds is 3. The average Bonchev–Trinajstić information content (AvgIpc) is 2.50. The van der Waals surface area contributed by atoms with Crippen LogP contribution in [-0.2, 0) is 9.59 Å². The standard InChI is InChI=1S/C16H16N2O4/c1-10-8-12(19)6-7-14(10)18-16(21)15(20)17-11-4-3-5-13(9-11)22-2/h3-9,19H,1-2H3,(H,17,20)(H,18,21). The van der Waals surface area contributed by atoms with E-state index in [0.29, 0.717) is 22.7 Å². The van der Waals surface area contributed by atoms with Crippen LogP contribution >= 0.6 is 0 Å². The van der Waals surface area contributed by atoms with E-state index in [1.807, 2.05) is 0 Å². The van der Waals surface area contributed by atoms with Crippen molar-refractivity contribution in [2.75, 3.05) is 17.7 Å². The van der Waals surface area contributed by atoms with Crippen molar-refractivity contribution >= 4 is 23.2 Å². The first kappa shape index (κ1) is 15.4. The van der Waals surface area contributed by atoms with Gasteiger partial charge in [0.2, 0.25) is 0 Å². The summed E-state index contributed by atoms with van der Waals surface area (Å²) < 4.78 is 5.04. The summed E-state index contributed by atoms with van der Waals surface area (Å²) >= 11 is 0. The number of hydrogen-bond donors (Lipinski definition) is 3. The first-order valence-corrected chi connectivity index (χ1v) is 6.55. The van der Waals surface area contributed by atoms with Crippen LogP contribution in [0.25, 0.3) is 0 Å². The van der Waals surface area contributed by atoms with Crippen molar-refractivity contribution in [2.45, 2.75) is 6.92 Å². The van der Waals surface area contributed by atoms with E-state index in [9.17, 15) is 14.7 Å². The summed E-state index contributed by atoms with van der Waals surface area (Å²) in [6.45, 7) is 1.72. The number of carbonyl (C=O) groups is 2. The number of hydrogen-bond acceptors (Lipinski definition) is 4. The molecule has 0 fully saturated rings. The van der Waals surface area contributed by atoms with Gasteiger partial charge in [0.05, 0.1) is 7.11 Å². The van der Waals surface area contributed by atoms with Crippen LogP contribution in [-0.4, -0.2) is 24.0 Å². The van der Waals surface area contributed by atoms with Crippen molar-refractivity contribution in [3.8, 4) is 11.5 Å². The molecule has 0 radical (unpaired) electrons. The normalized spacial score (nSPS) is 9.91. The quantitative estimate of drug-likeness (QED) is 0.599. The molecule has 0 aliphatic carbocycles. The minimum atomic E-state index is -0.795. The summed E-state index contributed by atoms with van der Waals surface area (Å²) in [6.07, 6.45) is 0. The van der Waals surface area contributed by atoms with Crippen LogP contribution in [0, 0.1) is 6.92 Å². The van der Waals surface area contributed by atoms with E-state index in [1.165, 1.54) is 25.3 Å². The van der Waals surface area contributed by atoms with E-state index in [-0.39, 0.29) is 5.75 Å². The molecule has 2 rings (SSSR count). The summed E-state index contributed by atoms with van der Waals surface area (Å²) in [6, 6.07) is 11.2. The first-order valence-electron chi connectivity index (χ1n) is 6.55. The van der Waals surface area contributed by atoms with Crippen LogP contribution < -0.4 is 15.4 Å². The molecule has 0 spiro atoms. The molecule has 2 amide bonds. The van der Waals surface area contributed by atoms with Gasteiger partial charge in [-0.3, -0.25) is 9.59 Å². The molecule has 6 heteroatoms. The maximum atomic E-state index is 11.9. The number of methoxy groups -OCH3 is 1. The predicted octanol–water partition coefficient (Wildman–Crippen LogP) is 2.29. The third-order valence-electron chi connectivity index (χ3n) is 2.99. The lowest BCUT2D eigenvalue weighted by Gasteiger charge is -2.09. The highest BCUT2D eigenvalue weighted by Crippen LogP contribution is 2.20. The molecule has 0 aliphatic heterocycles. The Morgan fingerprint density at radius 1 is 1.05 bits per heavy atom. The fraction of sp³-hybridized carbons (Fsp3) is 0.125. The largest absolute Gasteiger partial charge is 0.508 e. The molecule has 6 nitrogen and oxygen atoms in total. The minimum Gasteiger partial charge on any atom is -0.508 e. The third-order valence-corrected chi connectivity index (χ3v) is 2.99. The molecule has 0 saturated carbocycles. The maximum absolute atomic E-state index is 11.9. The Kier molecular flexibility index (Phi) is 4.63. The molecule has 0 aliphatic rings. The third kappa shape index (κ3) is 3.76. The molecule has 114 valence electrons. The fourth-order valence-corrected chi connectivity index (χ4v) is 1.86. The molecular weight excluding hydrogens is 284 g/mol. The van der Waals surface area contributed by atoms with E-state index in [2.05, 4.69) is 10.6 Å². The van der Waals surface area contributed by atoms with Gasteiger partial charge in [-0.05, 0) is 42.8 Å². The van der Waals surface area contributed by atoms with Gasteiger partial charge in [0.25, 0.3) is 0 Å². The summed E-state index contributed by atoms with van der Waals surface area (Å²) in [5.74, 6) is -0.916. The van der Waals surface area contributed by atoms with Crippen LogP contribution in [0.1, 0.15) is 5.56 Å². The Morgan fingerprint density at radius 3 is 2.45 bits per heavy atom. The number of ether oxygens (including phenoxy) is 1. The van der Waals surface area contributed by atoms with Gasteiger partial charge in [0.15, 0.2) is 0 Å². The Bertz CT molecular complexity index is 713. The lowest BCUT2D eigenvalue weighted by atomic mass is 10.2. The van der Waals surface area contributed by atoms with Crippen LogP contribution in [0.5, 0.6) is 11.5 Å². The number of phenolic OH excluding ortho intramolecular Hbond substituents is 1. The molecule has 0 bridgehead atoms. The monoisotopic (exact) mass is 300 g/mol. The van der Waals surface area contributed by atoms with E-state index in [4.69, 9.17) is 4.74 Å². The number of aryl methyl sites for hydroxylation is 1. The number of aromatic hydroxyl groups is 1. The summed E-state index contributed by atoms with van der Waals surface area (Å²) in [5, 5.41) is 14.3. The molecule has 0 unspecified atom stereocenters. The van der Waals surface area contributed by atoms with Crippen molar-refractivity contribution in [3.63, 3.8) is 0 Å². The van der Waals surface area contributed by atoms with Gasteiger partial charge >= 0.3 is 11.8 Å². The summed E-state index contributed by atoms with van der Waals surface area (Å²) in [4.78, 5) is 23.8. The van der Waals surface area contributed by atoms with Crippen molar-refractivity contribution in [2.24, 2.45) is 0 Å². The molecule has 22 heavy (non-hydrogen) atoms. The Hall–Kier alpha value is -3.02. The highest BCUT2D eigenvalue weighted by Gasteiger charge is 2.15. The van der Waals surface area contributed by atoms with Crippen molar-refractivity contribution in [3.05, 3.63) is 48.0 Å². The van der Waals surface area contributed by atoms with Crippen LogP contribution in [0.3, 0.4) is 0 Å². The van der Waals surface area contributed by atoms with Crippen LogP contribution in [0.2, 0.25) is 0 Å². The topological polar surface area (TPSA) is 87.7 Å². The van der Waals surface area contributed by atoms with Gasteiger partial charge < -0.3 is 20.5 Å². The second-order valence-electron chi connectivity index (χ2n) is 4.64. The van der Waals surface area contributed by atoms with E-state index in [1.54, 1.807) is 31.2 Å². The zero-order chi connectivity index (χ0) is 16.1. The van der Waals surface area contributed by atoms with Gasteiger partial charge in [-0.2, -0.15) is 0 Å². The van der Waals surface area contributed by atoms with Gasteiger partial charge in [-0.25, -0.2) is 0 Å². The molecule has 0 atom stereocenters. The molecule has 2 aromatic carbocycles.